The van der Waals surface area contributed by atoms with Gasteiger partial charge in [0.2, 0.25) is 5.91 Å². The Bertz CT molecular complexity index is 957. The third kappa shape index (κ3) is 4.79. The summed E-state index contributed by atoms with van der Waals surface area (Å²) in [7, 11) is 1.85. The van der Waals surface area contributed by atoms with Crippen molar-refractivity contribution < 1.29 is 13.7 Å². The van der Waals surface area contributed by atoms with Gasteiger partial charge in [0.05, 0.1) is 12.2 Å². The smallest absolute Gasteiger partial charge is 0.238 e. The number of nitrogens with one attached hydrogen (secondary N) is 1. The Labute approximate surface area is 167 Å². The van der Waals surface area contributed by atoms with E-state index in [-0.39, 0.29) is 18.3 Å². The number of carbonyl (C=O) groups is 1. The van der Waals surface area contributed by atoms with E-state index >= 15 is 0 Å². The molecule has 0 saturated carbocycles. The molecule has 1 N–H and O–H groups in total. The molecular weight excluding hydrogens is 377 g/mol. The summed E-state index contributed by atoms with van der Waals surface area (Å²) in [6, 6.07) is 13.8. The van der Waals surface area contributed by atoms with Gasteiger partial charge in [-0.25, -0.2) is 4.39 Å². The number of halogens is 1. The van der Waals surface area contributed by atoms with Crippen LogP contribution in [0.4, 0.5) is 10.1 Å². The van der Waals surface area contributed by atoms with Crippen LogP contribution in [0.15, 0.2) is 57.9 Å². The average Bonchev–Trinajstić information content (AvgIpc) is 3.03. The summed E-state index contributed by atoms with van der Waals surface area (Å²) in [5.74, 6) is 0.223. The summed E-state index contributed by atoms with van der Waals surface area (Å²) in [4.78, 5) is 15.3. The van der Waals surface area contributed by atoms with E-state index in [1.54, 1.807) is 23.9 Å². The fraction of sp³-hybridized carbons (Fsp3) is 0.238. The van der Waals surface area contributed by atoms with Crippen molar-refractivity contribution in [1.29, 1.82) is 0 Å². The standard InChI is InChI=1S/C21H22FN3O2S/c1-14-18(24-27-21(14)15-8-10-16(22)11-9-15)12-25(2)13-20(26)23-17-6-4-5-7-19(17)28-3/h4-11H,12-13H2,1-3H3,(H,23,26). The lowest BCUT2D eigenvalue weighted by Crippen LogP contribution is -2.30. The molecular formula is C21H22FN3O2S. The maximum absolute atomic E-state index is 13.1. The first kappa shape index (κ1) is 20.1. The number of para-hydroxylation sites is 1. The maximum atomic E-state index is 13.1. The summed E-state index contributed by atoms with van der Waals surface area (Å²) in [5, 5.41) is 7.08. The molecule has 0 aliphatic carbocycles. The largest absolute Gasteiger partial charge is 0.356 e. The molecule has 0 atom stereocenters. The van der Waals surface area contributed by atoms with E-state index < -0.39 is 0 Å². The van der Waals surface area contributed by atoms with E-state index in [0.717, 1.165) is 27.4 Å². The number of rotatable bonds is 7. The Kier molecular flexibility index (Phi) is 6.49. The number of benzene rings is 2. The first-order valence-electron chi connectivity index (χ1n) is 8.80. The van der Waals surface area contributed by atoms with Crippen LogP contribution in [-0.2, 0) is 11.3 Å². The number of thioether (sulfide) groups is 1. The Morgan fingerprint density at radius 3 is 2.64 bits per heavy atom. The molecule has 3 aromatic rings. The van der Waals surface area contributed by atoms with Gasteiger partial charge in [0, 0.05) is 22.6 Å². The van der Waals surface area contributed by atoms with Crippen molar-refractivity contribution in [1.82, 2.24) is 10.1 Å². The van der Waals surface area contributed by atoms with Gasteiger partial charge in [0.15, 0.2) is 5.76 Å². The van der Waals surface area contributed by atoms with Gasteiger partial charge in [0.25, 0.3) is 0 Å². The van der Waals surface area contributed by atoms with Crippen LogP contribution in [0.5, 0.6) is 0 Å². The van der Waals surface area contributed by atoms with Gasteiger partial charge >= 0.3 is 0 Å². The number of nitrogens with zero attached hydrogens (tertiary/aromatic N) is 2. The molecule has 1 aromatic heterocycles. The SMILES string of the molecule is CSc1ccccc1NC(=O)CN(C)Cc1noc(-c2ccc(F)cc2)c1C. The second-order valence-corrected chi connectivity index (χ2v) is 7.36. The van der Waals surface area contributed by atoms with Gasteiger partial charge < -0.3 is 9.84 Å². The van der Waals surface area contributed by atoms with Gasteiger partial charge in [-0.1, -0.05) is 17.3 Å². The van der Waals surface area contributed by atoms with Crippen molar-refractivity contribution in [3.8, 4) is 11.3 Å². The molecule has 1 heterocycles. The minimum Gasteiger partial charge on any atom is -0.356 e. The molecule has 5 nitrogen and oxygen atoms in total. The molecule has 1 amide bonds. The van der Waals surface area contributed by atoms with Crippen LogP contribution in [0, 0.1) is 12.7 Å². The van der Waals surface area contributed by atoms with E-state index in [9.17, 15) is 9.18 Å². The first-order chi connectivity index (χ1) is 13.5. The van der Waals surface area contributed by atoms with Crippen molar-refractivity contribution in [2.24, 2.45) is 0 Å². The van der Waals surface area contributed by atoms with Crippen LogP contribution in [0.1, 0.15) is 11.3 Å². The van der Waals surface area contributed by atoms with Crippen molar-refractivity contribution in [3.63, 3.8) is 0 Å². The number of aromatic nitrogens is 1. The number of hydrogen-bond acceptors (Lipinski definition) is 5. The van der Waals surface area contributed by atoms with Gasteiger partial charge in [-0.2, -0.15) is 0 Å². The topological polar surface area (TPSA) is 58.4 Å². The van der Waals surface area contributed by atoms with Crippen LogP contribution >= 0.6 is 11.8 Å². The number of anilines is 1. The summed E-state index contributed by atoms with van der Waals surface area (Å²) in [6.45, 7) is 2.60. The molecule has 0 unspecified atom stereocenters. The van der Waals surface area contributed by atoms with Crippen molar-refractivity contribution in [2.45, 2.75) is 18.4 Å². The molecule has 0 radical (unpaired) electrons. The molecule has 0 fully saturated rings. The maximum Gasteiger partial charge on any atom is 0.238 e. The van der Waals surface area contributed by atoms with E-state index in [4.69, 9.17) is 4.52 Å². The fourth-order valence-corrected chi connectivity index (χ4v) is 3.43. The van der Waals surface area contributed by atoms with Crippen LogP contribution in [0.25, 0.3) is 11.3 Å². The van der Waals surface area contributed by atoms with Crippen LogP contribution in [-0.4, -0.2) is 35.8 Å². The zero-order chi connectivity index (χ0) is 20.1. The van der Waals surface area contributed by atoms with Crippen LogP contribution in [0.3, 0.4) is 0 Å². The zero-order valence-corrected chi connectivity index (χ0v) is 16.8. The summed E-state index contributed by atoms with van der Waals surface area (Å²) < 4.78 is 18.6. The van der Waals surface area contributed by atoms with Gasteiger partial charge in [-0.15, -0.1) is 11.8 Å². The highest BCUT2D eigenvalue weighted by Gasteiger charge is 2.17. The van der Waals surface area contributed by atoms with E-state index in [1.165, 1.54) is 12.1 Å². The zero-order valence-electron chi connectivity index (χ0n) is 16.0. The number of likely N-dealkylation sites (N-methyl/N-ethyl adjacent to an activating group) is 1. The second-order valence-electron chi connectivity index (χ2n) is 6.51. The number of amides is 1. The molecule has 28 heavy (non-hydrogen) atoms. The highest BCUT2D eigenvalue weighted by molar-refractivity contribution is 7.98. The van der Waals surface area contributed by atoms with Crippen molar-refractivity contribution in [2.75, 3.05) is 25.2 Å². The third-order valence-corrected chi connectivity index (χ3v) is 5.14. The predicted octanol–water partition coefficient (Wildman–Crippen LogP) is 4.58. The minimum atomic E-state index is -0.296. The van der Waals surface area contributed by atoms with Gasteiger partial charge in [-0.3, -0.25) is 9.69 Å². The van der Waals surface area contributed by atoms with Crippen molar-refractivity contribution >= 4 is 23.4 Å². The Morgan fingerprint density at radius 2 is 1.93 bits per heavy atom. The summed E-state index contributed by atoms with van der Waals surface area (Å²) in [6.07, 6.45) is 1.98. The Hall–Kier alpha value is -2.64. The molecule has 0 bridgehead atoms. The summed E-state index contributed by atoms with van der Waals surface area (Å²) in [5.41, 5.74) is 3.21. The molecule has 3 rings (SSSR count). The highest BCUT2D eigenvalue weighted by atomic mass is 32.2. The van der Waals surface area contributed by atoms with Gasteiger partial charge in [0.1, 0.15) is 11.5 Å². The first-order valence-corrected chi connectivity index (χ1v) is 10.0. The van der Waals surface area contributed by atoms with Crippen LogP contribution in [0.2, 0.25) is 0 Å². The molecule has 7 heteroatoms. The second kappa shape index (κ2) is 9.03. The average molecular weight is 399 g/mol. The molecule has 0 saturated heterocycles. The van der Waals surface area contributed by atoms with E-state index in [1.807, 2.05) is 49.4 Å². The third-order valence-electron chi connectivity index (χ3n) is 4.34. The Morgan fingerprint density at radius 1 is 1.21 bits per heavy atom. The molecule has 0 aliphatic rings. The predicted molar refractivity (Wildman–Crippen MR) is 110 cm³/mol. The molecule has 2 aromatic carbocycles. The normalized spacial score (nSPS) is 11.0. The minimum absolute atomic E-state index is 0.0936. The number of carbonyl (C=O) groups excluding carboxylic acids is 1. The van der Waals surface area contributed by atoms with E-state index in [0.29, 0.717) is 12.3 Å². The molecule has 0 aliphatic heterocycles. The molecule has 146 valence electrons. The Balaban J connectivity index is 1.62. The van der Waals surface area contributed by atoms with Gasteiger partial charge in [-0.05, 0) is 56.6 Å². The van der Waals surface area contributed by atoms with E-state index in [2.05, 4.69) is 10.5 Å². The number of hydrogen-bond donors (Lipinski definition) is 1. The lowest BCUT2D eigenvalue weighted by atomic mass is 10.1. The fourth-order valence-electron chi connectivity index (χ4n) is 2.88. The quantitative estimate of drug-likeness (QED) is 0.589. The lowest BCUT2D eigenvalue weighted by Gasteiger charge is -2.16. The summed E-state index contributed by atoms with van der Waals surface area (Å²) >= 11 is 1.59. The monoisotopic (exact) mass is 399 g/mol. The van der Waals surface area contributed by atoms with Crippen molar-refractivity contribution in [3.05, 3.63) is 65.6 Å². The highest BCUT2D eigenvalue weighted by Crippen LogP contribution is 2.27. The lowest BCUT2D eigenvalue weighted by molar-refractivity contribution is -0.117. The van der Waals surface area contributed by atoms with Crippen LogP contribution < -0.4 is 5.32 Å². The molecule has 0 spiro atoms.